The average Bonchev–Trinajstić information content (AvgIpc) is 2.79. The van der Waals surface area contributed by atoms with Crippen LogP contribution in [-0.2, 0) is 16.1 Å². The lowest BCUT2D eigenvalue weighted by atomic mass is 10.1. The maximum absolute atomic E-state index is 12.6. The van der Waals surface area contributed by atoms with Crippen LogP contribution in [0.5, 0.6) is 5.75 Å². The minimum Gasteiger partial charge on any atom is -0.482 e. The maximum atomic E-state index is 12.6. The van der Waals surface area contributed by atoms with Gasteiger partial charge in [-0.15, -0.1) is 0 Å². The Labute approximate surface area is 176 Å². The molecule has 30 heavy (non-hydrogen) atoms. The Bertz CT molecular complexity index is 896. The lowest BCUT2D eigenvalue weighted by molar-refractivity contribution is -0.908. The number of nitrogens with zero attached hydrogens (tertiary/aromatic N) is 1. The molecule has 0 saturated carbocycles. The van der Waals surface area contributed by atoms with Crippen molar-refractivity contribution in [2.45, 2.75) is 13.0 Å². The second-order valence-corrected chi connectivity index (χ2v) is 7.66. The average molecular weight is 410 g/mol. The monoisotopic (exact) mass is 410 g/mol. The summed E-state index contributed by atoms with van der Waals surface area (Å²) in [6.45, 7) is 5.86. The molecule has 2 aliphatic heterocycles. The summed E-state index contributed by atoms with van der Waals surface area (Å²) in [5, 5.41) is 3.01. The first kappa shape index (κ1) is 20.4. The molecule has 7 heteroatoms. The van der Waals surface area contributed by atoms with E-state index in [4.69, 9.17) is 9.47 Å². The molecule has 2 aromatic rings. The highest BCUT2D eigenvalue weighted by Gasteiger charge is 2.25. The summed E-state index contributed by atoms with van der Waals surface area (Å²) < 4.78 is 10.9. The van der Waals surface area contributed by atoms with Gasteiger partial charge in [-0.1, -0.05) is 24.3 Å². The fourth-order valence-electron chi connectivity index (χ4n) is 3.87. The van der Waals surface area contributed by atoms with E-state index in [1.54, 1.807) is 11.0 Å². The van der Waals surface area contributed by atoms with Crippen LogP contribution in [-0.4, -0.2) is 57.8 Å². The van der Waals surface area contributed by atoms with Crippen LogP contribution in [0.15, 0.2) is 48.5 Å². The normalized spacial score (nSPS) is 16.7. The van der Waals surface area contributed by atoms with Crippen molar-refractivity contribution in [3.63, 3.8) is 0 Å². The van der Waals surface area contributed by atoms with Gasteiger partial charge in [0, 0.05) is 18.5 Å². The molecule has 0 atom stereocenters. The molecule has 0 bridgehead atoms. The fraction of sp³-hybridized carbons (Fsp3) is 0.391. The molecular weight excluding hydrogens is 382 g/mol. The molecule has 2 heterocycles. The Morgan fingerprint density at radius 1 is 1.10 bits per heavy atom. The largest absolute Gasteiger partial charge is 0.482 e. The number of anilines is 1. The van der Waals surface area contributed by atoms with Crippen molar-refractivity contribution < 1.29 is 24.0 Å². The van der Waals surface area contributed by atoms with Crippen LogP contribution in [0.25, 0.3) is 0 Å². The van der Waals surface area contributed by atoms with Gasteiger partial charge >= 0.3 is 0 Å². The zero-order valence-corrected chi connectivity index (χ0v) is 17.1. The van der Waals surface area contributed by atoms with E-state index < -0.39 is 0 Å². The topological polar surface area (TPSA) is 72.3 Å². The number of rotatable bonds is 7. The third-order valence-corrected chi connectivity index (χ3v) is 5.53. The van der Waals surface area contributed by atoms with Crippen molar-refractivity contribution in [1.29, 1.82) is 0 Å². The van der Waals surface area contributed by atoms with Crippen LogP contribution in [0.1, 0.15) is 22.3 Å². The number of fused-ring (bicyclic) bond motifs is 1. The molecule has 2 aliphatic rings. The first-order valence-corrected chi connectivity index (χ1v) is 10.5. The van der Waals surface area contributed by atoms with Gasteiger partial charge in [0.25, 0.3) is 11.8 Å². The molecule has 0 aliphatic carbocycles. The van der Waals surface area contributed by atoms with Gasteiger partial charge in [-0.05, 0) is 29.8 Å². The van der Waals surface area contributed by atoms with Gasteiger partial charge in [-0.3, -0.25) is 9.59 Å². The number of carbonyl (C=O) groups is 2. The fourth-order valence-corrected chi connectivity index (χ4v) is 3.87. The van der Waals surface area contributed by atoms with Crippen molar-refractivity contribution in [1.82, 2.24) is 5.32 Å². The SMILES string of the molecule is O=C(NCCC[NH+]1CCOCC1)c1cccc(CN2C(=O)COc3ccccc32)c1. The molecule has 7 nitrogen and oxygen atoms in total. The summed E-state index contributed by atoms with van der Waals surface area (Å²) in [6.07, 6.45) is 0.944. The van der Waals surface area contributed by atoms with E-state index in [-0.39, 0.29) is 18.4 Å². The Kier molecular flexibility index (Phi) is 6.61. The summed E-state index contributed by atoms with van der Waals surface area (Å²) in [6, 6.07) is 15.0. The van der Waals surface area contributed by atoms with Crippen LogP contribution in [0.4, 0.5) is 5.69 Å². The van der Waals surface area contributed by atoms with Crippen LogP contribution in [0, 0.1) is 0 Å². The van der Waals surface area contributed by atoms with E-state index in [1.807, 2.05) is 42.5 Å². The first-order chi connectivity index (χ1) is 14.7. The molecule has 2 amide bonds. The predicted molar refractivity (Wildman–Crippen MR) is 113 cm³/mol. The summed E-state index contributed by atoms with van der Waals surface area (Å²) in [4.78, 5) is 28.2. The van der Waals surface area contributed by atoms with Gasteiger partial charge in [0.1, 0.15) is 18.8 Å². The van der Waals surface area contributed by atoms with Crippen LogP contribution >= 0.6 is 0 Å². The van der Waals surface area contributed by atoms with E-state index in [1.165, 1.54) is 4.90 Å². The van der Waals surface area contributed by atoms with Crippen molar-refractivity contribution >= 4 is 17.5 Å². The van der Waals surface area contributed by atoms with E-state index >= 15 is 0 Å². The van der Waals surface area contributed by atoms with Crippen molar-refractivity contribution in [2.75, 3.05) is 50.9 Å². The second-order valence-electron chi connectivity index (χ2n) is 7.66. The summed E-state index contributed by atoms with van der Waals surface area (Å²) in [7, 11) is 0. The van der Waals surface area contributed by atoms with Gasteiger partial charge in [0.15, 0.2) is 6.61 Å². The first-order valence-electron chi connectivity index (χ1n) is 10.5. The number of hydrogen-bond acceptors (Lipinski definition) is 4. The second kappa shape index (κ2) is 9.73. The minimum atomic E-state index is -0.0887. The van der Waals surface area contributed by atoms with Crippen LogP contribution in [0.2, 0.25) is 0 Å². The smallest absolute Gasteiger partial charge is 0.265 e. The molecule has 2 N–H and O–H groups in total. The molecule has 158 valence electrons. The van der Waals surface area contributed by atoms with E-state index in [0.29, 0.717) is 24.4 Å². The number of ether oxygens (including phenoxy) is 2. The summed E-state index contributed by atoms with van der Waals surface area (Å²) in [5.74, 6) is 0.532. The maximum Gasteiger partial charge on any atom is 0.265 e. The van der Waals surface area contributed by atoms with E-state index in [2.05, 4.69) is 5.32 Å². The quantitative estimate of drug-likeness (QED) is 0.658. The molecule has 0 spiro atoms. The van der Waals surface area contributed by atoms with E-state index in [0.717, 1.165) is 50.5 Å². The van der Waals surface area contributed by atoms with Crippen molar-refractivity contribution in [3.8, 4) is 5.75 Å². The molecule has 4 rings (SSSR count). The van der Waals surface area contributed by atoms with Crippen molar-refractivity contribution in [2.24, 2.45) is 0 Å². The lowest BCUT2D eigenvalue weighted by Gasteiger charge is -2.29. The number of nitrogens with one attached hydrogen (secondary N) is 2. The third kappa shape index (κ3) is 4.98. The highest BCUT2D eigenvalue weighted by Crippen LogP contribution is 2.32. The van der Waals surface area contributed by atoms with Crippen molar-refractivity contribution in [3.05, 3.63) is 59.7 Å². The number of hydrogen-bond donors (Lipinski definition) is 2. The lowest BCUT2D eigenvalue weighted by Crippen LogP contribution is -3.14. The zero-order valence-electron chi connectivity index (χ0n) is 17.1. The van der Waals surface area contributed by atoms with Gasteiger partial charge in [-0.2, -0.15) is 0 Å². The number of benzene rings is 2. The Balaban J connectivity index is 1.33. The van der Waals surface area contributed by atoms with Crippen LogP contribution in [0.3, 0.4) is 0 Å². The molecule has 0 unspecified atom stereocenters. The number of carbonyl (C=O) groups excluding carboxylic acids is 2. The standard InChI is InChI=1S/C23H27N3O4/c27-22-17-30-21-8-2-1-7-20(21)26(22)16-18-5-3-6-19(15-18)23(28)24-9-4-10-25-11-13-29-14-12-25/h1-3,5-8,15H,4,9-14,16-17H2,(H,24,28)/p+1. The number of amides is 2. The Morgan fingerprint density at radius 3 is 2.80 bits per heavy atom. The van der Waals surface area contributed by atoms with Gasteiger partial charge in [0.2, 0.25) is 0 Å². The highest BCUT2D eigenvalue weighted by atomic mass is 16.5. The minimum absolute atomic E-state index is 0.0301. The third-order valence-electron chi connectivity index (χ3n) is 5.53. The molecule has 0 aromatic heterocycles. The van der Waals surface area contributed by atoms with Gasteiger partial charge in [0.05, 0.1) is 32.0 Å². The molecule has 0 radical (unpaired) electrons. The van der Waals surface area contributed by atoms with Crippen LogP contribution < -0.4 is 19.9 Å². The Morgan fingerprint density at radius 2 is 1.93 bits per heavy atom. The van der Waals surface area contributed by atoms with E-state index in [9.17, 15) is 9.59 Å². The summed E-state index contributed by atoms with van der Waals surface area (Å²) in [5.41, 5.74) is 2.28. The van der Waals surface area contributed by atoms with Gasteiger partial charge < -0.3 is 24.6 Å². The highest BCUT2D eigenvalue weighted by molar-refractivity contribution is 5.98. The number of para-hydroxylation sites is 2. The Hall–Kier alpha value is -2.90. The molecular formula is C23H28N3O4+. The number of morpholine rings is 1. The predicted octanol–water partition coefficient (Wildman–Crippen LogP) is 0.647. The number of quaternary nitrogens is 1. The molecule has 1 fully saturated rings. The molecule has 2 aromatic carbocycles. The zero-order chi connectivity index (χ0) is 20.8. The molecule has 1 saturated heterocycles. The summed E-state index contributed by atoms with van der Waals surface area (Å²) >= 11 is 0. The van der Waals surface area contributed by atoms with Gasteiger partial charge in [-0.25, -0.2) is 0 Å².